The van der Waals surface area contributed by atoms with Gasteiger partial charge in [0.1, 0.15) is 5.15 Å². The summed E-state index contributed by atoms with van der Waals surface area (Å²) in [6.45, 7) is 3.36. The highest BCUT2D eigenvalue weighted by atomic mass is 35.5. The number of amides is 1. The number of carbonyl (C=O) groups is 2. The van der Waals surface area contributed by atoms with Gasteiger partial charge in [-0.2, -0.15) is 0 Å². The van der Waals surface area contributed by atoms with Crippen LogP contribution in [-0.2, 0) is 9.53 Å². The first-order valence-electron chi connectivity index (χ1n) is 6.62. The van der Waals surface area contributed by atoms with E-state index in [-0.39, 0.29) is 18.1 Å². The van der Waals surface area contributed by atoms with Crippen LogP contribution in [0.2, 0.25) is 5.15 Å². The molecule has 0 N–H and O–H groups in total. The fourth-order valence-electron chi connectivity index (χ4n) is 2.21. The van der Waals surface area contributed by atoms with Crippen LogP contribution in [0.4, 0.5) is 0 Å². The van der Waals surface area contributed by atoms with E-state index in [1.54, 1.807) is 4.90 Å². The van der Waals surface area contributed by atoms with E-state index in [4.69, 9.17) is 16.3 Å². The predicted octanol–water partition coefficient (Wildman–Crippen LogP) is 2.15. The van der Waals surface area contributed by atoms with E-state index in [9.17, 15) is 9.59 Å². The van der Waals surface area contributed by atoms with Crippen LogP contribution in [0.1, 0.15) is 30.1 Å². The molecule has 2 rings (SSSR count). The molecule has 1 aromatic heterocycles. The zero-order chi connectivity index (χ0) is 14.5. The third kappa shape index (κ3) is 3.93. The average Bonchev–Trinajstić information content (AvgIpc) is 2.45. The molecule has 108 valence electrons. The quantitative estimate of drug-likeness (QED) is 0.633. The van der Waals surface area contributed by atoms with Crippen LogP contribution in [-0.4, -0.2) is 41.5 Å². The number of pyridine rings is 1. The minimum Gasteiger partial charge on any atom is -0.452 e. The summed E-state index contributed by atoms with van der Waals surface area (Å²) in [6, 6.07) is 3.03. The van der Waals surface area contributed by atoms with E-state index in [0.29, 0.717) is 11.1 Å². The van der Waals surface area contributed by atoms with Crippen LogP contribution in [0.25, 0.3) is 0 Å². The Kier molecular flexibility index (Phi) is 4.95. The van der Waals surface area contributed by atoms with Gasteiger partial charge in [0.05, 0.1) is 5.56 Å². The monoisotopic (exact) mass is 296 g/mol. The number of aromatic nitrogens is 1. The van der Waals surface area contributed by atoms with E-state index in [1.165, 1.54) is 18.3 Å². The number of piperidine rings is 1. The minimum atomic E-state index is -0.562. The Labute approximate surface area is 122 Å². The molecule has 1 aliphatic heterocycles. The van der Waals surface area contributed by atoms with Gasteiger partial charge in [-0.05, 0) is 30.9 Å². The van der Waals surface area contributed by atoms with Crippen molar-refractivity contribution < 1.29 is 14.3 Å². The Morgan fingerprint density at radius 1 is 1.50 bits per heavy atom. The summed E-state index contributed by atoms with van der Waals surface area (Å²) in [5, 5.41) is 0.305. The molecule has 2 heterocycles. The lowest BCUT2D eigenvalue weighted by Gasteiger charge is -2.30. The number of ether oxygens (including phenoxy) is 1. The second-order valence-corrected chi connectivity index (χ2v) is 5.42. The van der Waals surface area contributed by atoms with Crippen LogP contribution in [0.3, 0.4) is 0 Å². The molecule has 1 fully saturated rings. The Hall–Kier alpha value is -1.62. The molecule has 0 radical (unpaired) electrons. The molecule has 0 aromatic carbocycles. The fourth-order valence-corrected chi connectivity index (χ4v) is 2.33. The van der Waals surface area contributed by atoms with Crippen molar-refractivity contribution >= 4 is 23.5 Å². The summed E-state index contributed by atoms with van der Waals surface area (Å²) in [7, 11) is 0. The standard InChI is InChI=1S/C14H17ClN2O3/c1-10-3-2-6-17(8-10)13(18)9-20-14(19)11-4-5-12(15)16-7-11/h4-5,7,10H,2-3,6,8-9H2,1H3. The summed E-state index contributed by atoms with van der Waals surface area (Å²) in [4.78, 5) is 29.2. The molecule has 0 bridgehead atoms. The number of carbonyl (C=O) groups excluding carboxylic acids is 2. The molecule has 0 spiro atoms. The SMILES string of the molecule is CC1CCCN(C(=O)COC(=O)c2ccc(Cl)nc2)C1. The molecular weight excluding hydrogens is 280 g/mol. The lowest BCUT2D eigenvalue weighted by atomic mass is 10.0. The first-order chi connectivity index (χ1) is 9.56. The Morgan fingerprint density at radius 3 is 2.95 bits per heavy atom. The maximum absolute atomic E-state index is 11.9. The van der Waals surface area contributed by atoms with Crippen LogP contribution < -0.4 is 0 Å². The molecule has 1 amide bonds. The number of likely N-dealkylation sites (tertiary alicyclic amines) is 1. The molecule has 0 aliphatic carbocycles. The van der Waals surface area contributed by atoms with Gasteiger partial charge in [0, 0.05) is 19.3 Å². The highest BCUT2D eigenvalue weighted by Gasteiger charge is 2.22. The Bertz CT molecular complexity index is 490. The highest BCUT2D eigenvalue weighted by Crippen LogP contribution is 2.15. The number of halogens is 1. The summed E-state index contributed by atoms with van der Waals surface area (Å²) in [5.74, 6) is -0.205. The van der Waals surface area contributed by atoms with Gasteiger partial charge in [0.2, 0.25) is 0 Å². The van der Waals surface area contributed by atoms with Crippen molar-refractivity contribution in [2.45, 2.75) is 19.8 Å². The first-order valence-corrected chi connectivity index (χ1v) is 7.00. The van der Waals surface area contributed by atoms with Crippen molar-refractivity contribution in [1.29, 1.82) is 0 Å². The van der Waals surface area contributed by atoms with Gasteiger partial charge in [-0.15, -0.1) is 0 Å². The molecule has 1 saturated heterocycles. The molecular formula is C14H17ClN2O3. The van der Waals surface area contributed by atoms with Crippen LogP contribution in [0, 0.1) is 5.92 Å². The van der Waals surface area contributed by atoms with Crippen LogP contribution in [0.15, 0.2) is 18.3 Å². The van der Waals surface area contributed by atoms with E-state index in [0.717, 1.165) is 25.9 Å². The fraction of sp³-hybridized carbons (Fsp3) is 0.500. The third-order valence-electron chi connectivity index (χ3n) is 3.30. The van der Waals surface area contributed by atoms with E-state index in [1.807, 2.05) is 0 Å². The van der Waals surface area contributed by atoms with Crippen molar-refractivity contribution in [2.75, 3.05) is 19.7 Å². The van der Waals surface area contributed by atoms with Gasteiger partial charge in [0.25, 0.3) is 5.91 Å². The second kappa shape index (κ2) is 6.70. The summed E-state index contributed by atoms with van der Waals surface area (Å²) >= 11 is 5.64. The van der Waals surface area contributed by atoms with Crippen molar-refractivity contribution in [3.63, 3.8) is 0 Å². The Balaban J connectivity index is 1.83. The number of hydrogen-bond donors (Lipinski definition) is 0. The van der Waals surface area contributed by atoms with Crippen molar-refractivity contribution in [3.05, 3.63) is 29.0 Å². The predicted molar refractivity (Wildman–Crippen MR) is 74.5 cm³/mol. The molecule has 6 heteroatoms. The number of nitrogens with zero attached hydrogens (tertiary/aromatic N) is 2. The van der Waals surface area contributed by atoms with Gasteiger partial charge >= 0.3 is 5.97 Å². The molecule has 20 heavy (non-hydrogen) atoms. The summed E-state index contributed by atoms with van der Waals surface area (Å²) < 4.78 is 5.00. The molecule has 1 aromatic rings. The zero-order valence-electron chi connectivity index (χ0n) is 11.3. The third-order valence-corrected chi connectivity index (χ3v) is 3.52. The zero-order valence-corrected chi connectivity index (χ0v) is 12.1. The van der Waals surface area contributed by atoms with Crippen molar-refractivity contribution in [2.24, 2.45) is 5.92 Å². The molecule has 5 nitrogen and oxygen atoms in total. The summed E-state index contributed by atoms with van der Waals surface area (Å²) in [6.07, 6.45) is 3.47. The molecule has 0 saturated carbocycles. The van der Waals surface area contributed by atoms with Gasteiger partial charge < -0.3 is 9.64 Å². The van der Waals surface area contributed by atoms with Crippen molar-refractivity contribution in [3.8, 4) is 0 Å². The number of hydrogen-bond acceptors (Lipinski definition) is 4. The maximum Gasteiger partial charge on any atom is 0.340 e. The largest absolute Gasteiger partial charge is 0.452 e. The lowest BCUT2D eigenvalue weighted by Crippen LogP contribution is -2.41. The van der Waals surface area contributed by atoms with Gasteiger partial charge in [-0.25, -0.2) is 9.78 Å². The topological polar surface area (TPSA) is 59.5 Å². The second-order valence-electron chi connectivity index (χ2n) is 5.03. The van der Waals surface area contributed by atoms with Crippen LogP contribution >= 0.6 is 11.6 Å². The van der Waals surface area contributed by atoms with Gasteiger partial charge in [-0.3, -0.25) is 4.79 Å². The van der Waals surface area contributed by atoms with E-state index in [2.05, 4.69) is 11.9 Å². The van der Waals surface area contributed by atoms with Crippen molar-refractivity contribution in [1.82, 2.24) is 9.88 Å². The minimum absolute atomic E-state index is 0.146. The Morgan fingerprint density at radius 2 is 2.30 bits per heavy atom. The number of rotatable bonds is 3. The summed E-state index contributed by atoms with van der Waals surface area (Å²) in [5.41, 5.74) is 0.286. The molecule has 1 aliphatic rings. The average molecular weight is 297 g/mol. The normalized spacial score (nSPS) is 18.7. The first kappa shape index (κ1) is 14.8. The smallest absolute Gasteiger partial charge is 0.340 e. The van der Waals surface area contributed by atoms with Crippen LogP contribution in [0.5, 0.6) is 0 Å². The lowest BCUT2D eigenvalue weighted by molar-refractivity contribution is -0.136. The molecule has 1 unspecified atom stereocenters. The molecule has 1 atom stereocenters. The van der Waals surface area contributed by atoms with Gasteiger partial charge in [-0.1, -0.05) is 18.5 Å². The van der Waals surface area contributed by atoms with E-state index >= 15 is 0 Å². The number of esters is 1. The maximum atomic E-state index is 11.9. The highest BCUT2D eigenvalue weighted by molar-refractivity contribution is 6.29. The van der Waals surface area contributed by atoms with Gasteiger partial charge in [0.15, 0.2) is 6.61 Å². The van der Waals surface area contributed by atoms with E-state index < -0.39 is 5.97 Å².